The summed E-state index contributed by atoms with van der Waals surface area (Å²) in [5.41, 5.74) is 12.5. The molecule has 0 aliphatic carbocycles. The van der Waals surface area contributed by atoms with E-state index in [9.17, 15) is 29.4 Å². The second-order valence-corrected chi connectivity index (χ2v) is 10.8. The molecule has 0 aromatic heterocycles. The third-order valence-corrected chi connectivity index (χ3v) is 8.14. The average Bonchev–Trinajstić information content (AvgIpc) is 3.35. The number of quaternary nitrogens is 1. The van der Waals surface area contributed by atoms with Gasteiger partial charge in [0.2, 0.25) is 12.1 Å². The lowest BCUT2D eigenvalue weighted by Crippen LogP contribution is -2.72. The molecule has 0 bridgehead atoms. The van der Waals surface area contributed by atoms with Gasteiger partial charge in [-0.2, -0.15) is 9.28 Å². The minimum atomic E-state index is -1.51. The Morgan fingerprint density at radius 3 is 2.27 bits per heavy atom. The van der Waals surface area contributed by atoms with Crippen molar-refractivity contribution in [1.29, 1.82) is 0 Å². The van der Waals surface area contributed by atoms with Gasteiger partial charge in [-0.3, -0.25) is 14.4 Å². The van der Waals surface area contributed by atoms with Gasteiger partial charge in [0.05, 0.1) is 25.0 Å². The van der Waals surface area contributed by atoms with Crippen LogP contribution in [-0.2, 0) is 16.0 Å². The van der Waals surface area contributed by atoms with Gasteiger partial charge in [-0.25, -0.2) is 4.90 Å². The predicted octanol–water partition coefficient (Wildman–Crippen LogP) is 3.01. The van der Waals surface area contributed by atoms with E-state index >= 15 is 0 Å². The Labute approximate surface area is 238 Å². The summed E-state index contributed by atoms with van der Waals surface area (Å²) in [5.74, 6) is -2.62. The number of benzene rings is 3. The highest BCUT2D eigenvalue weighted by molar-refractivity contribution is 6.08. The fourth-order valence-electron chi connectivity index (χ4n) is 5.98. The molecule has 4 rings (SSSR count). The van der Waals surface area contributed by atoms with Gasteiger partial charge >= 0.3 is 6.09 Å². The van der Waals surface area contributed by atoms with Crippen molar-refractivity contribution in [1.82, 2.24) is 4.90 Å². The number of aliphatic hydroxyl groups excluding tert-OH is 1. The molecule has 10 nitrogen and oxygen atoms in total. The Hall–Kier alpha value is -4.12. The van der Waals surface area contributed by atoms with Crippen LogP contribution in [0.5, 0.6) is 0 Å². The van der Waals surface area contributed by atoms with Crippen LogP contribution in [0.25, 0.3) is 10.8 Å². The van der Waals surface area contributed by atoms with Crippen molar-refractivity contribution in [2.24, 2.45) is 11.5 Å². The van der Waals surface area contributed by atoms with Crippen molar-refractivity contribution in [3.63, 3.8) is 0 Å². The number of likely N-dealkylation sites (tertiary alicyclic amines) is 1. The molecule has 216 valence electrons. The minimum Gasteiger partial charge on any atom is -0.435 e. The molecule has 3 unspecified atom stereocenters. The molecule has 0 radical (unpaired) electrons. The first kappa shape index (κ1) is 29.9. The maximum absolute atomic E-state index is 14.3. The summed E-state index contributed by atoms with van der Waals surface area (Å²) in [6, 6.07) is 19.6. The Kier molecular flexibility index (Phi) is 9.17. The summed E-state index contributed by atoms with van der Waals surface area (Å²) in [6.45, 7) is 1.84. The van der Waals surface area contributed by atoms with E-state index in [4.69, 9.17) is 11.5 Å². The molecule has 1 aliphatic rings. The van der Waals surface area contributed by atoms with Gasteiger partial charge in [0.15, 0.2) is 0 Å². The highest BCUT2D eigenvalue weighted by Gasteiger charge is 2.59. The standard InChI is InChI=1S/C31H36N4O6/c1-20-8-7-17-35(20,31(40)41)28(26(36)16-13-21-9-3-2-4-10-21)34(30(39)25(32)19-27(33)37)29(38)24-15-14-22-11-5-6-12-23(22)18-24/h2-6,9-12,14-15,18,20,25-26,28,36H,7-8,13,16-17,19,32H2,1H3,(H2-,33,37,40,41)/p+1/t20?,25-,26+,28?,35?/m0/s1. The zero-order valence-electron chi connectivity index (χ0n) is 23.1. The van der Waals surface area contributed by atoms with E-state index in [1.54, 1.807) is 25.1 Å². The van der Waals surface area contributed by atoms with Gasteiger partial charge in [-0.1, -0.05) is 60.7 Å². The summed E-state index contributed by atoms with van der Waals surface area (Å²) >= 11 is 0. The zero-order valence-corrected chi connectivity index (χ0v) is 23.1. The monoisotopic (exact) mass is 561 g/mol. The number of fused-ring (bicyclic) bond motifs is 1. The number of nitrogens with zero attached hydrogens (tertiary/aromatic N) is 2. The molecule has 0 spiro atoms. The van der Waals surface area contributed by atoms with E-state index in [1.807, 2.05) is 54.6 Å². The third kappa shape index (κ3) is 6.14. The quantitative estimate of drug-likeness (QED) is 0.276. The number of primary amides is 1. The largest absolute Gasteiger partial charge is 0.515 e. The molecular formula is C31H37N4O6+. The Balaban J connectivity index is 1.85. The summed E-state index contributed by atoms with van der Waals surface area (Å²) in [6.07, 6.45) is -3.22. The summed E-state index contributed by atoms with van der Waals surface area (Å²) < 4.78 is -0.718. The van der Waals surface area contributed by atoms with Gasteiger partial charge in [0.25, 0.3) is 11.8 Å². The van der Waals surface area contributed by atoms with Crippen LogP contribution in [0, 0.1) is 0 Å². The van der Waals surface area contributed by atoms with Gasteiger partial charge in [-0.15, -0.1) is 0 Å². The number of amides is 4. The van der Waals surface area contributed by atoms with Crippen molar-refractivity contribution < 1.29 is 33.9 Å². The molecule has 5 atom stereocenters. The molecule has 1 fully saturated rings. The number of hydrogen-bond donors (Lipinski definition) is 4. The van der Waals surface area contributed by atoms with Gasteiger partial charge in [0, 0.05) is 18.4 Å². The first-order valence-corrected chi connectivity index (χ1v) is 13.8. The molecule has 3 aromatic rings. The number of rotatable bonds is 10. The lowest BCUT2D eigenvalue weighted by molar-refractivity contribution is -0.904. The van der Waals surface area contributed by atoms with Crippen LogP contribution in [0.4, 0.5) is 4.79 Å². The summed E-state index contributed by atoms with van der Waals surface area (Å²) in [5, 5.41) is 24.0. The average molecular weight is 562 g/mol. The topological polar surface area (TPSA) is 164 Å². The Morgan fingerprint density at radius 1 is 1.00 bits per heavy atom. The number of carbonyl (C=O) groups excluding carboxylic acids is 3. The van der Waals surface area contributed by atoms with Crippen molar-refractivity contribution in [3.8, 4) is 0 Å². The molecule has 6 N–H and O–H groups in total. The maximum atomic E-state index is 14.3. The van der Waals surface area contributed by atoms with E-state index in [2.05, 4.69) is 0 Å². The van der Waals surface area contributed by atoms with Gasteiger partial charge < -0.3 is 21.7 Å². The number of aliphatic hydroxyl groups is 1. The van der Waals surface area contributed by atoms with Crippen molar-refractivity contribution in [3.05, 3.63) is 83.9 Å². The second kappa shape index (κ2) is 12.6. The van der Waals surface area contributed by atoms with Crippen LogP contribution in [0.15, 0.2) is 72.8 Å². The molecule has 1 aliphatic heterocycles. The van der Waals surface area contributed by atoms with Gasteiger partial charge in [-0.05, 0) is 48.2 Å². The maximum Gasteiger partial charge on any atom is 0.515 e. The van der Waals surface area contributed by atoms with E-state index in [1.165, 1.54) is 0 Å². The first-order chi connectivity index (χ1) is 19.6. The Bertz CT molecular complexity index is 1430. The molecule has 41 heavy (non-hydrogen) atoms. The van der Waals surface area contributed by atoms with Gasteiger partial charge in [0.1, 0.15) is 6.10 Å². The normalized spacial score (nSPS) is 20.7. The fraction of sp³-hybridized carbons (Fsp3) is 0.355. The summed E-state index contributed by atoms with van der Waals surface area (Å²) in [7, 11) is 0. The molecule has 1 heterocycles. The molecule has 0 saturated carbocycles. The van der Waals surface area contributed by atoms with E-state index in [0.717, 1.165) is 21.2 Å². The number of aryl methyl sites for hydroxylation is 1. The van der Waals surface area contributed by atoms with Crippen LogP contribution in [0.3, 0.4) is 0 Å². The highest BCUT2D eigenvalue weighted by Crippen LogP contribution is 2.36. The lowest BCUT2D eigenvalue weighted by Gasteiger charge is -2.46. The van der Waals surface area contributed by atoms with Crippen LogP contribution in [0.1, 0.15) is 48.5 Å². The number of carboxylic acid groups (broad SMARTS) is 1. The Morgan fingerprint density at radius 2 is 1.66 bits per heavy atom. The molecule has 3 aromatic carbocycles. The number of imide groups is 1. The molecule has 10 heteroatoms. The van der Waals surface area contributed by atoms with Crippen LogP contribution >= 0.6 is 0 Å². The van der Waals surface area contributed by atoms with Crippen LogP contribution in [-0.4, -0.2) is 74.3 Å². The van der Waals surface area contributed by atoms with E-state index in [0.29, 0.717) is 19.3 Å². The number of nitrogens with two attached hydrogens (primary N) is 2. The van der Waals surface area contributed by atoms with Crippen molar-refractivity contribution in [2.45, 2.75) is 63.4 Å². The van der Waals surface area contributed by atoms with E-state index in [-0.39, 0.29) is 18.5 Å². The summed E-state index contributed by atoms with van der Waals surface area (Å²) in [4.78, 5) is 53.8. The number of hydrogen-bond acceptors (Lipinski definition) is 6. The second-order valence-electron chi connectivity index (χ2n) is 10.8. The fourth-order valence-corrected chi connectivity index (χ4v) is 5.98. The van der Waals surface area contributed by atoms with Crippen molar-refractivity contribution in [2.75, 3.05) is 6.54 Å². The minimum absolute atomic E-state index is 0.0779. The molecule has 4 amide bonds. The predicted molar refractivity (Wildman–Crippen MR) is 153 cm³/mol. The van der Waals surface area contributed by atoms with Crippen LogP contribution < -0.4 is 11.5 Å². The lowest BCUT2D eigenvalue weighted by atomic mass is 9.99. The smallest absolute Gasteiger partial charge is 0.435 e. The first-order valence-electron chi connectivity index (χ1n) is 13.8. The highest BCUT2D eigenvalue weighted by atomic mass is 16.4. The zero-order chi connectivity index (χ0) is 29.7. The van der Waals surface area contributed by atoms with Crippen LogP contribution in [0.2, 0.25) is 0 Å². The SMILES string of the molecule is CC1CCC[N+]1(C(=O)O)C([C@H](O)CCc1ccccc1)N(C(=O)c1ccc2ccccc2c1)C(=O)[C@@H](N)CC(N)=O. The molecule has 1 saturated heterocycles. The third-order valence-electron chi connectivity index (χ3n) is 8.14. The van der Waals surface area contributed by atoms with Crippen molar-refractivity contribution >= 4 is 34.6 Å². The van der Waals surface area contributed by atoms with E-state index < -0.39 is 59.1 Å². The number of carbonyl (C=O) groups is 4. The molecular weight excluding hydrogens is 524 g/mol.